The number of carbonyl (C=O) groups excluding carboxylic acids is 3. The highest BCUT2D eigenvalue weighted by Crippen LogP contribution is 2.18. The first-order valence-corrected chi connectivity index (χ1v) is 10.7. The molecule has 8 heteroatoms. The van der Waals surface area contributed by atoms with E-state index in [1.165, 1.54) is 0 Å². The zero-order valence-electron chi connectivity index (χ0n) is 17.5. The van der Waals surface area contributed by atoms with Crippen LogP contribution in [0.2, 0.25) is 5.02 Å². The van der Waals surface area contributed by atoms with Gasteiger partial charge >= 0.3 is 6.03 Å². The van der Waals surface area contributed by atoms with Crippen LogP contribution in [0.1, 0.15) is 29.3 Å². The summed E-state index contributed by atoms with van der Waals surface area (Å²) in [7, 11) is 0. The van der Waals surface area contributed by atoms with Crippen LogP contribution in [0, 0.1) is 0 Å². The van der Waals surface area contributed by atoms with Crippen molar-refractivity contribution in [1.82, 2.24) is 20.4 Å². The van der Waals surface area contributed by atoms with Crippen LogP contribution in [0.5, 0.6) is 0 Å². The second-order valence-electron chi connectivity index (χ2n) is 7.50. The number of halogens is 1. The summed E-state index contributed by atoms with van der Waals surface area (Å²) in [5, 5.41) is 5.53. The number of rotatable bonds is 5. The molecule has 7 nitrogen and oxygen atoms in total. The SMILES string of the molecule is CC(C(=O)NC(=O)NCc1ccccc1)N1CCCN(C(=O)c2ccccc2Cl)CC1. The average Bonchev–Trinajstić information content (AvgIpc) is 3.04. The monoisotopic (exact) mass is 442 g/mol. The molecular formula is C23H27ClN4O3. The molecule has 31 heavy (non-hydrogen) atoms. The van der Waals surface area contributed by atoms with Crippen molar-refractivity contribution < 1.29 is 14.4 Å². The molecule has 1 aliphatic heterocycles. The van der Waals surface area contributed by atoms with E-state index in [0.717, 1.165) is 12.0 Å². The zero-order chi connectivity index (χ0) is 22.2. The van der Waals surface area contributed by atoms with E-state index in [1.807, 2.05) is 35.2 Å². The second kappa shape index (κ2) is 10.9. The standard InChI is InChI=1S/C23H27ClN4O3/c1-17(21(29)26-23(31)25-16-18-8-3-2-4-9-18)27-12-7-13-28(15-14-27)22(30)19-10-5-6-11-20(19)24/h2-6,8-11,17H,7,12-16H2,1H3,(H2,25,26,29,31). The van der Waals surface area contributed by atoms with Crippen molar-refractivity contribution >= 4 is 29.4 Å². The molecule has 0 aliphatic carbocycles. The Hall–Kier alpha value is -2.90. The molecule has 164 valence electrons. The molecular weight excluding hydrogens is 416 g/mol. The summed E-state index contributed by atoms with van der Waals surface area (Å²) >= 11 is 6.16. The quantitative estimate of drug-likeness (QED) is 0.746. The van der Waals surface area contributed by atoms with Crippen molar-refractivity contribution in [3.8, 4) is 0 Å². The van der Waals surface area contributed by atoms with Crippen LogP contribution in [0.25, 0.3) is 0 Å². The fourth-order valence-corrected chi connectivity index (χ4v) is 3.75. The smallest absolute Gasteiger partial charge is 0.321 e. The van der Waals surface area contributed by atoms with Gasteiger partial charge in [-0.2, -0.15) is 0 Å². The van der Waals surface area contributed by atoms with Crippen LogP contribution in [0.15, 0.2) is 54.6 Å². The molecule has 1 fully saturated rings. The fourth-order valence-electron chi connectivity index (χ4n) is 3.54. The lowest BCUT2D eigenvalue weighted by Gasteiger charge is -2.26. The summed E-state index contributed by atoms with van der Waals surface area (Å²) < 4.78 is 0. The van der Waals surface area contributed by atoms with Gasteiger partial charge in [-0.25, -0.2) is 4.79 Å². The van der Waals surface area contributed by atoms with Gasteiger partial charge in [-0.3, -0.25) is 19.8 Å². The topological polar surface area (TPSA) is 81.8 Å². The van der Waals surface area contributed by atoms with Crippen molar-refractivity contribution in [2.75, 3.05) is 26.2 Å². The Kier molecular flexibility index (Phi) is 8.03. The highest BCUT2D eigenvalue weighted by atomic mass is 35.5. The molecule has 1 atom stereocenters. The molecule has 1 aliphatic rings. The molecule has 1 saturated heterocycles. The molecule has 0 radical (unpaired) electrons. The van der Waals surface area contributed by atoms with Crippen molar-refractivity contribution in [2.24, 2.45) is 0 Å². The van der Waals surface area contributed by atoms with E-state index in [2.05, 4.69) is 10.6 Å². The van der Waals surface area contributed by atoms with Crippen LogP contribution in [0.4, 0.5) is 4.79 Å². The summed E-state index contributed by atoms with van der Waals surface area (Å²) in [6.45, 7) is 4.39. The predicted molar refractivity (Wildman–Crippen MR) is 120 cm³/mol. The normalized spacial score (nSPS) is 15.6. The van der Waals surface area contributed by atoms with Gasteiger partial charge in [-0.05, 0) is 31.0 Å². The number of nitrogens with one attached hydrogen (secondary N) is 2. The van der Waals surface area contributed by atoms with E-state index >= 15 is 0 Å². The lowest BCUT2D eigenvalue weighted by molar-refractivity contribution is -0.124. The number of amides is 4. The Morgan fingerprint density at radius 1 is 0.968 bits per heavy atom. The van der Waals surface area contributed by atoms with Crippen LogP contribution in [-0.2, 0) is 11.3 Å². The molecule has 0 aromatic heterocycles. The maximum absolute atomic E-state index is 12.8. The second-order valence-corrected chi connectivity index (χ2v) is 7.90. The highest BCUT2D eigenvalue weighted by Gasteiger charge is 2.27. The van der Waals surface area contributed by atoms with Gasteiger partial charge in [0, 0.05) is 32.7 Å². The van der Waals surface area contributed by atoms with Gasteiger partial charge in [0.15, 0.2) is 0 Å². The fraction of sp³-hybridized carbons (Fsp3) is 0.348. The third kappa shape index (κ3) is 6.29. The van der Waals surface area contributed by atoms with Crippen LogP contribution in [0.3, 0.4) is 0 Å². The van der Waals surface area contributed by atoms with Gasteiger partial charge in [0.05, 0.1) is 16.6 Å². The molecule has 0 saturated carbocycles. The first-order valence-electron chi connectivity index (χ1n) is 10.4. The minimum absolute atomic E-state index is 0.107. The van der Waals surface area contributed by atoms with Crippen molar-refractivity contribution in [3.63, 3.8) is 0 Å². The summed E-state index contributed by atoms with van der Waals surface area (Å²) in [6, 6.07) is 15.5. The third-order valence-electron chi connectivity index (χ3n) is 5.38. The molecule has 1 unspecified atom stereocenters. The van der Waals surface area contributed by atoms with Crippen LogP contribution >= 0.6 is 11.6 Å². The Labute approximate surface area is 187 Å². The molecule has 1 heterocycles. The third-order valence-corrected chi connectivity index (χ3v) is 5.71. The Balaban J connectivity index is 1.49. The van der Waals surface area contributed by atoms with Gasteiger partial charge in [0.25, 0.3) is 5.91 Å². The van der Waals surface area contributed by atoms with E-state index in [9.17, 15) is 14.4 Å². The number of hydrogen-bond donors (Lipinski definition) is 2. The van der Waals surface area contributed by atoms with E-state index in [0.29, 0.717) is 43.3 Å². The first-order chi connectivity index (χ1) is 15.0. The number of urea groups is 1. The lowest BCUT2D eigenvalue weighted by atomic mass is 10.2. The number of imide groups is 1. The summed E-state index contributed by atoms with van der Waals surface area (Å²) in [6.07, 6.45) is 0.730. The maximum atomic E-state index is 12.8. The highest BCUT2D eigenvalue weighted by molar-refractivity contribution is 6.33. The Bertz CT molecular complexity index is 922. The van der Waals surface area contributed by atoms with Crippen LogP contribution < -0.4 is 10.6 Å². The van der Waals surface area contributed by atoms with E-state index in [-0.39, 0.29) is 11.8 Å². The van der Waals surface area contributed by atoms with Gasteiger partial charge in [0.1, 0.15) is 0 Å². The van der Waals surface area contributed by atoms with E-state index < -0.39 is 12.1 Å². The Morgan fingerprint density at radius 3 is 2.42 bits per heavy atom. The largest absolute Gasteiger partial charge is 0.337 e. The summed E-state index contributed by atoms with van der Waals surface area (Å²) in [4.78, 5) is 41.2. The molecule has 0 spiro atoms. The van der Waals surface area contributed by atoms with Crippen molar-refractivity contribution in [2.45, 2.75) is 25.9 Å². The molecule has 2 aromatic rings. The number of hydrogen-bond acceptors (Lipinski definition) is 4. The molecule has 2 aromatic carbocycles. The van der Waals surface area contributed by atoms with Gasteiger partial charge < -0.3 is 10.2 Å². The lowest BCUT2D eigenvalue weighted by Crippen LogP contribution is -2.50. The van der Waals surface area contributed by atoms with Crippen molar-refractivity contribution in [3.05, 3.63) is 70.7 Å². The number of benzene rings is 2. The summed E-state index contributed by atoms with van der Waals surface area (Å²) in [5.41, 5.74) is 1.44. The number of carbonyl (C=O) groups is 3. The van der Waals surface area contributed by atoms with Gasteiger partial charge in [-0.1, -0.05) is 54.1 Å². The average molecular weight is 443 g/mol. The predicted octanol–water partition coefficient (Wildman–Crippen LogP) is 2.90. The minimum Gasteiger partial charge on any atom is -0.337 e. The Morgan fingerprint density at radius 2 is 1.68 bits per heavy atom. The van der Waals surface area contributed by atoms with Crippen LogP contribution in [-0.4, -0.2) is 59.9 Å². The number of nitrogens with zero attached hydrogens (tertiary/aromatic N) is 2. The summed E-state index contributed by atoms with van der Waals surface area (Å²) in [5.74, 6) is -0.471. The minimum atomic E-state index is -0.522. The van der Waals surface area contributed by atoms with Crippen molar-refractivity contribution in [1.29, 1.82) is 0 Å². The zero-order valence-corrected chi connectivity index (χ0v) is 18.3. The van der Waals surface area contributed by atoms with Gasteiger partial charge in [0.2, 0.25) is 5.91 Å². The molecule has 4 amide bonds. The van der Waals surface area contributed by atoms with E-state index in [1.54, 1.807) is 36.1 Å². The van der Waals surface area contributed by atoms with E-state index in [4.69, 9.17) is 11.6 Å². The maximum Gasteiger partial charge on any atom is 0.321 e. The molecule has 2 N–H and O–H groups in total. The first kappa shape index (κ1) is 22.8. The molecule has 0 bridgehead atoms. The van der Waals surface area contributed by atoms with Gasteiger partial charge in [-0.15, -0.1) is 0 Å². The molecule has 3 rings (SSSR count).